The van der Waals surface area contributed by atoms with Gasteiger partial charge in [0.05, 0.1) is 6.10 Å². The van der Waals surface area contributed by atoms with E-state index in [9.17, 15) is 13.6 Å². The monoisotopic (exact) mass is 417 g/mol. The number of aryl methyl sites for hydroxylation is 1. The Morgan fingerprint density at radius 3 is 2.60 bits per heavy atom. The standard InChI is InChI=1S/C23H29F2N3O2/c1-28-19(29)23(27-21(28)26)18-12-15(5-4-14-2-3-14)6-7-16(18)13-22(23)10-8-17(9-11-22)30-20(24)25/h6-7,12,14,17,20H,2-5,8-11,13H2,1H3,(H2,26,27). The SMILES string of the molecule is CN1C(=O)C2(N=C1N)c1cc(CCC3CC3)ccc1CC21CCC(OC(F)F)CC1. The molecule has 1 aliphatic heterocycles. The molecule has 30 heavy (non-hydrogen) atoms. The van der Waals surface area contributed by atoms with Crippen molar-refractivity contribution in [3.63, 3.8) is 0 Å². The number of hydrogen-bond acceptors (Lipinski definition) is 4. The maximum Gasteiger partial charge on any atom is 0.345 e. The molecule has 7 heteroatoms. The van der Waals surface area contributed by atoms with Gasteiger partial charge in [0.15, 0.2) is 11.5 Å². The van der Waals surface area contributed by atoms with Gasteiger partial charge >= 0.3 is 6.61 Å². The number of guanidine groups is 1. The molecule has 0 saturated heterocycles. The molecule has 1 heterocycles. The van der Waals surface area contributed by atoms with Gasteiger partial charge in [-0.15, -0.1) is 0 Å². The van der Waals surface area contributed by atoms with E-state index in [0.717, 1.165) is 29.9 Å². The van der Waals surface area contributed by atoms with E-state index in [1.54, 1.807) is 7.05 Å². The van der Waals surface area contributed by atoms with Crippen molar-refractivity contribution >= 4 is 11.9 Å². The first-order valence-electron chi connectivity index (χ1n) is 11.0. The van der Waals surface area contributed by atoms with Crippen LogP contribution in [0.25, 0.3) is 0 Å². The summed E-state index contributed by atoms with van der Waals surface area (Å²) in [5.74, 6) is 0.990. The van der Waals surface area contributed by atoms with Crippen LogP contribution in [0.2, 0.25) is 0 Å². The first-order chi connectivity index (χ1) is 14.3. The number of fused-ring (bicyclic) bond motifs is 3. The van der Waals surface area contributed by atoms with Crippen LogP contribution < -0.4 is 5.73 Å². The molecule has 4 aliphatic rings. The summed E-state index contributed by atoms with van der Waals surface area (Å²) in [5.41, 5.74) is 8.02. The zero-order valence-corrected chi connectivity index (χ0v) is 17.4. The lowest BCUT2D eigenvalue weighted by Gasteiger charge is -2.45. The number of likely N-dealkylation sites (N-methyl/N-ethyl adjacent to an activating group) is 1. The van der Waals surface area contributed by atoms with Gasteiger partial charge in [-0.05, 0) is 67.6 Å². The molecule has 2 fully saturated rings. The minimum absolute atomic E-state index is 0.0914. The molecule has 0 radical (unpaired) electrons. The fourth-order valence-electron chi connectivity index (χ4n) is 5.95. The number of amides is 1. The van der Waals surface area contributed by atoms with Gasteiger partial charge in [0.2, 0.25) is 0 Å². The van der Waals surface area contributed by atoms with Crippen molar-refractivity contribution in [2.45, 2.75) is 76.0 Å². The van der Waals surface area contributed by atoms with Gasteiger partial charge < -0.3 is 10.5 Å². The molecule has 1 unspecified atom stereocenters. The van der Waals surface area contributed by atoms with Gasteiger partial charge in [-0.1, -0.05) is 31.0 Å². The van der Waals surface area contributed by atoms with Gasteiger partial charge in [-0.25, -0.2) is 4.99 Å². The van der Waals surface area contributed by atoms with Crippen molar-refractivity contribution in [1.29, 1.82) is 0 Å². The summed E-state index contributed by atoms with van der Waals surface area (Å²) in [4.78, 5) is 19.9. The number of aliphatic imine (C=N–C) groups is 1. The lowest BCUT2D eigenvalue weighted by Crippen LogP contribution is -2.51. The molecule has 0 bridgehead atoms. The Kier molecular flexibility index (Phi) is 4.65. The van der Waals surface area contributed by atoms with Crippen LogP contribution in [-0.4, -0.2) is 36.5 Å². The Balaban J connectivity index is 1.51. The second-order valence-corrected chi connectivity index (χ2v) is 9.57. The number of benzene rings is 1. The van der Waals surface area contributed by atoms with E-state index in [4.69, 9.17) is 15.5 Å². The third-order valence-electron chi connectivity index (χ3n) is 7.82. The normalized spacial score (nSPS) is 33.1. The topological polar surface area (TPSA) is 67.9 Å². The Hall–Kier alpha value is -2.02. The van der Waals surface area contributed by atoms with Gasteiger partial charge in [0, 0.05) is 12.5 Å². The van der Waals surface area contributed by atoms with Gasteiger partial charge in [-0.3, -0.25) is 9.69 Å². The number of nitrogens with zero attached hydrogens (tertiary/aromatic N) is 2. The summed E-state index contributed by atoms with van der Waals surface area (Å²) in [6, 6.07) is 6.49. The fraction of sp³-hybridized carbons (Fsp3) is 0.652. The van der Waals surface area contributed by atoms with Crippen LogP contribution in [0, 0.1) is 11.3 Å². The molecule has 1 aromatic rings. The third-order valence-corrected chi connectivity index (χ3v) is 7.82. The summed E-state index contributed by atoms with van der Waals surface area (Å²) < 4.78 is 30.2. The number of halogens is 2. The molecule has 1 atom stereocenters. The minimum atomic E-state index is -2.76. The lowest BCUT2D eigenvalue weighted by molar-refractivity contribution is -0.178. The number of ether oxygens (including phenoxy) is 1. The minimum Gasteiger partial charge on any atom is -0.369 e. The van der Waals surface area contributed by atoms with Crippen LogP contribution in [0.5, 0.6) is 0 Å². The third kappa shape index (κ3) is 2.96. The van der Waals surface area contributed by atoms with E-state index < -0.39 is 23.7 Å². The first-order valence-corrected chi connectivity index (χ1v) is 11.0. The van der Waals surface area contributed by atoms with E-state index in [1.165, 1.54) is 29.7 Å². The van der Waals surface area contributed by atoms with Crippen molar-refractivity contribution in [3.8, 4) is 0 Å². The molecular formula is C23H29F2N3O2. The highest BCUT2D eigenvalue weighted by molar-refractivity contribution is 6.08. The fourth-order valence-corrected chi connectivity index (χ4v) is 5.95. The molecule has 0 aromatic heterocycles. The molecule has 2 N–H and O–H groups in total. The highest BCUT2D eigenvalue weighted by atomic mass is 19.3. The Morgan fingerprint density at radius 1 is 1.27 bits per heavy atom. The van der Waals surface area contributed by atoms with Crippen LogP contribution in [-0.2, 0) is 27.9 Å². The molecule has 5 nitrogen and oxygen atoms in total. The quantitative estimate of drug-likeness (QED) is 0.794. The summed E-state index contributed by atoms with van der Waals surface area (Å²) in [7, 11) is 1.67. The first kappa shape index (κ1) is 19.9. The second kappa shape index (κ2) is 7.01. The van der Waals surface area contributed by atoms with Crippen molar-refractivity contribution < 1.29 is 18.3 Å². The Labute approximate surface area is 175 Å². The van der Waals surface area contributed by atoms with Gasteiger partial charge in [0.25, 0.3) is 5.91 Å². The smallest absolute Gasteiger partial charge is 0.345 e. The predicted octanol–water partition coefficient (Wildman–Crippen LogP) is 3.74. The molecule has 5 rings (SSSR count). The lowest BCUT2D eigenvalue weighted by atomic mass is 9.61. The Bertz CT molecular complexity index is 890. The van der Waals surface area contributed by atoms with Crippen molar-refractivity contribution in [2.75, 3.05) is 7.05 Å². The van der Waals surface area contributed by atoms with E-state index in [2.05, 4.69) is 18.2 Å². The van der Waals surface area contributed by atoms with Crippen molar-refractivity contribution in [1.82, 2.24) is 4.90 Å². The molecule has 3 aliphatic carbocycles. The largest absolute Gasteiger partial charge is 0.369 e. The summed E-state index contributed by atoms with van der Waals surface area (Å²) in [6.07, 6.45) is 7.33. The van der Waals surface area contributed by atoms with E-state index in [-0.39, 0.29) is 11.9 Å². The number of carbonyl (C=O) groups excluding carboxylic acids is 1. The summed E-state index contributed by atoms with van der Waals surface area (Å²) in [5, 5.41) is 0. The number of alkyl halides is 2. The van der Waals surface area contributed by atoms with Crippen molar-refractivity contribution in [2.24, 2.45) is 22.1 Å². The molecule has 1 aromatic carbocycles. The molecule has 2 saturated carbocycles. The van der Waals surface area contributed by atoms with E-state index >= 15 is 0 Å². The number of rotatable bonds is 5. The Morgan fingerprint density at radius 2 is 2.00 bits per heavy atom. The molecule has 1 amide bonds. The van der Waals surface area contributed by atoms with Gasteiger partial charge in [0.1, 0.15) is 0 Å². The summed E-state index contributed by atoms with van der Waals surface area (Å²) in [6.45, 7) is -2.76. The zero-order chi connectivity index (χ0) is 21.1. The maximum atomic E-state index is 13.6. The molecule has 2 spiro atoms. The van der Waals surface area contributed by atoms with Crippen LogP contribution >= 0.6 is 0 Å². The average molecular weight is 418 g/mol. The maximum absolute atomic E-state index is 13.6. The molecular weight excluding hydrogens is 388 g/mol. The summed E-state index contributed by atoms with van der Waals surface area (Å²) >= 11 is 0. The van der Waals surface area contributed by atoms with Crippen LogP contribution in [0.15, 0.2) is 23.2 Å². The average Bonchev–Trinajstić information content (AvgIpc) is 3.47. The number of hydrogen-bond donors (Lipinski definition) is 1. The van der Waals surface area contributed by atoms with Crippen molar-refractivity contribution in [3.05, 3.63) is 34.9 Å². The van der Waals surface area contributed by atoms with Gasteiger partial charge in [-0.2, -0.15) is 8.78 Å². The zero-order valence-electron chi connectivity index (χ0n) is 17.4. The predicted molar refractivity (Wildman–Crippen MR) is 109 cm³/mol. The van der Waals surface area contributed by atoms with Crippen LogP contribution in [0.3, 0.4) is 0 Å². The number of carbonyl (C=O) groups is 1. The van der Waals surface area contributed by atoms with Crippen LogP contribution in [0.4, 0.5) is 8.78 Å². The highest BCUT2D eigenvalue weighted by Crippen LogP contribution is 2.62. The number of nitrogens with two attached hydrogens (primary N) is 1. The van der Waals surface area contributed by atoms with E-state index in [1.807, 2.05) is 0 Å². The highest BCUT2D eigenvalue weighted by Gasteiger charge is 2.66. The second-order valence-electron chi connectivity index (χ2n) is 9.57. The van der Waals surface area contributed by atoms with Crippen LogP contribution in [0.1, 0.15) is 61.6 Å². The molecule has 162 valence electrons. The van der Waals surface area contributed by atoms with E-state index in [0.29, 0.717) is 25.7 Å².